The minimum atomic E-state index is -0.479. The fraction of sp³-hybridized carbons (Fsp3) is 0.143. The summed E-state index contributed by atoms with van der Waals surface area (Å²) < 4.78 is 13.2. The maximum absolute atomic E-state index is 13.2. The van der Waals surface area contributed by atoms with Crippen LogP contribution < -0.4 is 5.32 Å². The summed E-state index contributed by atoms with van der Waals surface area (Å²) in [6.07, 6.45) is 0. The van der Waals surface area contributed by atoms with E-state index in [-0.39, 0.29) is 18.0 Å². The molecule has 0 saturated carbocycles. The van der Waals surface area contributed by atoms with Gasteiger partial charge in [0.05, 0.1) is 12.2 Å². The Kier molecular flexibility index (Phi) is 4.45. The molecule has 0 bridgehead atoms. The zero-order chi connectivity index (χ0) is 14.5. The summed E-state index contributed by atoms with van der Waals surface area (Å²) in [5.74, 6) is -0.820. The fourth-order valence-electron chi connectivity index (χ4n) is 1.69. The number of nitriles is 1. The first kappa shape index (κ1) is 14.2. The third-order valence-corrected chi connectivity index (χ3v) is 3.64. The predicted molar refractivity (Wildman–Crippen MR) is 72.5 cm³/mol. The molecule has 1 aromatic carbocycles. The van der Waals surface area contributed by atoms with Gasteiger partial charge in [-0.3, -0.25) is 4.79 Å². The molecule has 0 aliphatic heterocycles. The molecule has 6 heteroatoms. The number of carbonyl (C=O) groups excluding carboxylic acids is 1. The number of carbonyl (C=O) groups is 1. The van der Waals surface area contributed by atoms with Crippen LogP contribution in [0, 0.1) is 17.1 Å². The molecule has 1 amide bonds. The van der Waals surface area contributed by atoms with Crippen LogP contribution in [0.2, 0.25) is 0 Å². The number of aliphatic hydroxyl groups is 1. The number of hydrogen-bond acceptors (Lipinski definition) is 4. The highest BCUT2D eigenvalue weighted by molar-refractivity contribution is 7.12. The lowest BCUT2D eigenvalue weighted by Crippen LogP contribution is -2.22. The first-order chi connectivity index (χ1) is 9.65. The molecular formula is C14H11FN2O2S. The van der Waals surface area contributed by atoms with Gasteiger partial charge < -0.3 is 10.4 Å². The Hall–Kier alpha value is -2.23. The Morgan fingerprint density at radius 2 is 2.25 bits per heavy atom. The number of aliphatic hydroxyl groups excluding tert-OH is 1. The van der Waals surface area contributed by atoms with Crippen molar-refractivity contribution in [2.24, 2.45) is 0 Å². The molecule has 0 atom stereocenters. The highest BCUT2D eigenvalue weighted by atomic mass is 32.1. The third kappa shape index (κ3) is 3.02. The summed E-state index contributed by atoms with van der Waals surface area (Å²) in [5, 5.41) is 22.2. The number of nitrogens with one attached hydrogen (secondary N) is 1. The summed E-state index contributed by atoms with van der Waals surface area (Å²) >= 11 is 1.19. The average molecular weight is 290 g/mol. The van der Waals surface area contributed by atoms with Crippen LogP contribution >= 0.6 is 11.3 Å². The smallest absolute Gasteiger partial charge is 0.262 e. The summed E-state index contributed by atoms with van der Waals surface area (Å²) in [4.78, 5) is 12.3. The van der Waals surface area contributed by atoms with E-state index in [1.54, 1.807) is 11.4 Å². The zero-order valence-corrected chi connectivity index (χ0v) is 11.2. The van der Waals surface area contributed by atoms with Gasteiger partial charge in [0.2, 0.25) is 0 Å². The van der Waals surface area contributed by atoms with Crippen molar-refractivity contribution in [1.82, 2.24) is 5.32 Å². The normalized spacial score (nSPS) is 10.1. The quantitative estimate of drug-likeness (QED) is 0.906. The van der Waals surface area contributed by atoms with Crippen LogP contribution in [0.1, 0.15) is 26.4 Å². The zero-order valence-electron chi connectivity index (χ0n) is 10.4. The van der Waals surface area contributed by atoms with Crippen LogP contribution in [0.15, 0.2) is 29.6 Å². The molecule has 0 radical (unpaired) electrons. The molecule has 0 spiro atoms. The van der Waals surface area contributed by atoms with Gasteiger partial charge in [-0.05, 0) is 29.1 Å². The van der Waals surface area contributed by atoms with Crippen LogP contribution in [0.25, 0.3) is 0 Å². The monoisotopic (exact) mass is 290 g/mol. The second-order valence-corrected chi connectivity index (χ2v) is 4.96. The minimum absolute atomic E-state index is 0.186. The Balaban J connectivity index is 2.06. The van der Waals surface area contributed by atoms with Gasteiger partial charge in [-0.25, -0.2) is 4.39 Å². The Morgan fingerprint density at radius 1 is 1.45 bits per heavy atom. The Morgan fingerprint density at radius 3 is 2.95 bits per heavy atom. The minimum Gasteiger partial charge on any atom is -0.392 e. The molecule has 0 unspecified atom stereocenters. The van der Waals surface area contributed by atoms with Crippen LogP contribution in [0.5, 0.6) is 0 Å². The van der Waals surface area contributed by atoms with Crippen molar-refractivity contribution < 1.29 is 14.3 Å². The molecule has 0 saturated heterocycles. The molecule has 0 aliphatic rings. The van der Waals surface area contributed by atoms with Gasteiger partial charge in [0.15, 0.2) is 0 Å². The van der Waals surface area contributed by atoms with Crippen molar-refractivity contribution in [3.8, 4) is 6.07 Å². The summed E-state index contributed by atoms with van der Waals surface area (Å²) in [5.41, 5.74) is 1.20. The lowest BCUT2D eigenvalue weighted by molar-refractivity contribution is 0.0954. The molecule has 20 heavy (non-hydrogen) atoms. The van der Waals surface area contributed by atoms with Crippen molar-refractivity contribution >= 4 is 17.2 Å². The van der Waals surface area contributed by atoms with Gasteiger partial charge in [0, 0.05) is 12.1 Å². The van der Waals surface area contributed by atoms with E-state index in [1.165, 1.54) is 29.5 Å². The number of hydrogen-bond donors (Lipinski definition) is 2. The van der Waals surface area contributed by atoms with E-state index in [2.05, 4.69) is 5.32 Å². The molecular weight excluding hydrogens is 279 g/mol. The molecule has 102 valence electrons. The van der Waals surface area contributed by atoms with Gasteiger partial charge in [-0.2, -0.15) is 5.26 Å². The second kappa shape index (κ2) is 6.28. The molecule has 2 aromatic rings. The van der Waals surface area contributed by atoms with Crippen LogP contribution in [0.4, 0.5) is 4.39 Å². The highest BCUT2D eigenvalue weighted by Gasteiger charge is 2.12. The van der Waals surface area contributed by atoms with E-state index < -0.39 is 12.4 Å². The lowest BCUT2D eigenvalue weighted by Gasteiger charge is -2.06. The highest BCUT2D eigenvalue weighted by Crippen LogP contribution is 2.16. The van der Waals surface area contributed by atoms with Crippen LogP contribution in [-0.2, 0) is 13.2 Å². The van der Waals surface area contributed by atoms with Crippen molar-refractivity contribution in [2.45, 2.75) is 13.2 Å². The van der Waals surface area contributed by atoms with Gasteiger partial charge in [-0.1, -0.05) is 6.07 Å². The van der Waals surface area contributed by atoms with Gasteiger partial charge in [0.1, 0.15) is 16.8 Å². The number of benzene rings is 1. The predicted octanol–water partition coefficient (Wildman–Crippen LogP) is 2.18. The topological polar surface area (TPSA) is 73.1 Å². The first-order valence-corrected chi connectivity index (χ1v) is 6.67. The lowest BCUT2D eigenvalue weighted by atomic mass is 10.1. The number of thiophene rings is 1. The largest absolute Gasteiger partial charge is 0.392 e. The molecule has 2 rings (SSSR count). The molecule has 0 aliphatic carbocycles. The van der Waals surface area contributed by atoms with Crippen LogP contribution in [0.3, 0.4) is 0 Å². The maximum Gasteiger partial charge on any atom is 0.262 e. The number of halogens is 1. The maximum atomic E-state index is 13.2. The van der Waals surface area contributed by atoms with Crippen molar-refractivity contribution in [3.05, 3.63) is 57.0 Å². The third-order valence-electron chi connectivity index (χ3n) is 2.73. The fourth-order valence-corrected chi connectivity index (χ4v) is 2.46. The number of amides is 1. The van der Waals surface area contributed by atoms with Crippen molar-refractivity contribution in [3.63, 3.8) is 0 Å². The van der Waals surface area contributed by atoms with Crippen LogP contribution in [-0.4, -0.2) is 11.0 Å². The van der Waals surface area contributed by atoms with E-state index in [0.717, 1.165) is 0 Å². The first-order valence-electron chi connectivity index (χ1n) is 5.79. The van der Waals surface area contributed by atoms with Crippen molar-refractivity contribution in [1.29, 1.82) is 5.26 Å². The van der Waals surface area contributed by atoms with E-state index in [4.69, 9.17) is 10.4 Å². The molecule has 1 heterocycles. The molecule has 2 N–H and O–H groups in total. The standard InChI is InChI=1S/C14H11FN2O2S/c15-12-2-1-9(5-11(12)8-18)7-17-14(19)13-10(6-16)3-4-20-13/h1-5,18H,7-8H2,(H,17,19). The number of nitrogens with zero attached hydrogens (tertiary/aromatic N) is 1. The average Bonchev–Trinajstić information content (AvgIpc) is 2.94. The SMILES string of the molecule is N#Cc1ccsc1C(=O)NCc1ccc(F)c(CO)c1. The summed E-state index contributed by atoms with van der Waals surface area (Å²) in [6.45, 7) is -0.188. The van der Waals surface area contributed by atoms with Gasteiger partial charge >= 0.3 is 0 Å². The van der Waals surface area contributed by atoms with Gasteiger partial charge in [0.25, 0.3) is 5.91 Å². The van der Waals surface area contributed by atoms with E-state index in [0.29, 0.717) is 16.0 Å². The van der Waals surface area contributed by atoms with E-state index >= 15 is 0 Å². The number of rotatable bonds is 4. The second-order valence-electron chi connectivity index (χ2n) is 4.04. The van der Waals surface area contributed by atoms with E-state index in [1.807, 2.05) is 6.07 Å². The summed E-state index contributed by atoms with van der Waals surface area (Å²) in [6, 6.07) is 7.81. The molecule has 4 nitrogen and oxygen atoms in total. The van der Waals surface area contributed by atoms with E-state index in [9.17, 15) is 9.18 Å². The summed E-state index contributed by atoms with van der Waals surface area (Å²) in [7, 11) is 0. The van der Waals surface area contributed by atoms with Gasteiger partial charge in [-0.15, -0.1) is 11.3 Å². The molecule has 1 aromatic heterocycles. The Labute approximate surface area is 119 Å². The molecule has 0 fully saturated rings. The van der Waals surface area contributed by atoms with Crippen molar-refractivity contribution in [2.75, 3.05) is 0 Å². The Bertz CT molecular complexity index is 676.